The molecule has 0 saturated carbocycles. The summed E-state index contributed by atoms with van der Waals surface area (Å²) >= 11 is 0. The number of rotatable bonds is 2. The smallest absolute Gasteiger partial charge is 0.0498 e. The van der Waals surface area contributed by atoms with Crippen molar-refractivity contribution in [3.63, 3.8) is 0 Å². The lowest BCUT2D eigenvalue weighted by molar-refractivity contribution is 0.687. The summed E-state index contributed by atoms with van der Waals surface area (Å²) in [6.07, 6.45) is 4.30. The highest BCUT2D eigenvalue weighted by Gasteiger charge is 2.11. The van der Waals surface area contributed by atoms with Crippen molar-refractivity contribution in [1.29, 1.82) is 0 Å². The zero-order valence-electron chi connectivity index (χ0n) is 8.40. The molecule has 0 N–H and O–H groups in total. The van der Waals surface area contributed by atoms with Gasteiger partial charge in [0.15, 0.2) is 0 Å². The average Bonchev–Trinajstić information content (AvgIpc) is 2.71. The molecule has 0 aromatic heterocycles. The maximum atomic E-state index is 11.2. The Kier molecular flexibility index (Phi) is 2.87. The number of benzene rings is 1. The van der Waals surface area contributed by atoms with Crippen LogP contribution in [-0.2, 0) is 10.8 Å². The SMILES string of the molecule is CS(=O)c1ccc(N2CCCC2)cc1. The van der Waals surface area contributed by atoms with Crippen molar-refractivity contribution in [2.24, 2.45) is 0 Å². The Balaban J connectivity index is 2.16. The molecular formula is C11H15NOS. The lowest BCUT2D eigenvalue weighted by Crippen LogP contribution is -2.17. The molecule has 0 spiro atoms. The first-order chi connectivity index (χ1) is 6.77. The minimum Gasteiger partial charge on any atom is -0.372 e. The molecule has 76 valence electrons. The fraction of sp³-hybridized carbons (Fsp3) is 0.455. The average molecular weight is 209 g/mol. The van der Waals surface area contributed by atoms with Gasteiger partial charge in [-0.05, 0) is 37.1 Å². The van der Waals surface area contributed by atoms with E-state index in [1.165, 1.54) is 18.5 Å². The molecule has 1 saturated heterocycles. The van der Waals surface area contributed by atoms with E-state index in [1.54, 1.807) is 6.26 Å². The molecule has 1 unspecified atom stereocenters. The van der Waals surface area contributed by atoms with Gasteiger partial charge in [-0.25, -0.2) is 0 Å². The number of hydrogen-bond donors (Lipinski definition) is 0. The molecular weight excluding hydrogens is 194 g/mol. The molecule has 1 aliphatic heterocycles. The quantitative estimate of drug-likeness (QED) is 0.742. The van der Waals surface area contributed by atoms with E-state index in [1.807, 2.05) is 12.1 Å². The van der Waals surface area contributed by atoms with Crippen LogP contribution in [-0.4, -0.2) is 23.6 Å². The number of anilines is 1. The second-order valence-electron chi connectivity index (χ2n) is 3.64. The van der Waals surface area contributed by atoms with E-state index in [4.69, 9.17) is 0 Å². The van der Waals surface area contributed by atoms with Gasteiger partial charge in [0.05, 0.1) is 0 Å². The van der Waals surface area contributed by atoms with Crippen LogP contribution in [0.4, 0.5) is 5.69 Å². The monoisotopic (exact) mass is 209 g/mol. The molecule has 0 amide bonds. The highest BCUT2D eigenvalue weighted by atomic mass is 32.2. The zero-order chi connectivity index (χ0) is 9.97. The molecule has 2 nitrogen and oxygen atoms in total. The standard InChI is InChI=1S/C11H15NOS/c1-14(13)11-6-4-10(5-7-11)12-8-2-3-9-12/h4-7H,2-3,8-9H2,1H3. The van der Waals surface area contributed by atoms with Crippen molar-refractivity contribution in [1.82, 2.24) is 0 Å². The van der Waals surface area contributed by atoms with Gasteiger partial charge in [-0.1, -0.05) is 0 Å². The Bertz CT molecular complexity index is 328. The van der Waals surface area contributed by atoms with E-state index in [0.29, 0.717) is 0 Å². The van der Waals surface area contributed by atoms with Crippen LogP contribution in [0.3, 0.4) is 0 Å². The van der Waals surface area contributed by atoms with Crippen molar-refractivity contribution in [2.75, 3.05) is 24.2 Å². The number of nitrogens with zero attached hydrogens (tertiary/aromatic N) is 1. The van der Waals surface area contributed by atoms with Gasteiger partial charge in [-0.3, -0.25) is 4.21 Å². The molecule has 1 heterocycles. The lowest BCUT2D eigenvalue weighted by atomic mass is 10.3. The van der Waals surface area contributed by atoms with Crippen LogP contribution in [0.5, 0.6) is 0 Å². The van der Waals surface area contributed by atoms with E-state index in [-0.39, 0.29) is 0 Å². The third-order valence-corrected chi connectivity index (χ3v) is 3.58. The first-order valence-electron chi connectivity index (χ1n) is 4.96. The van der Waals surface area contributed by atoms with Crippen molar-refractivity contribution in [3.8, 4) is 0 Å². The molecule has 0 radical (unpaired) electrons. The highest BCUT2D eigenvalue weighted by molar-refractivity contribution is 7.84. The Morgan fingerprint density at radius 3 is 2.21 bits per heavy atom. The largest absolute Gasteiger partial charge is 0.372 e. The number of hydrogen-bond acceptors (Lipinski definition) is 2. The molecule has 1 aromatic carbocycles. The van der Waals surface area contributed by atoms with Crippen LogP contribution in [0.2, 0.25) is 0 Å². The van der Waals surface area contributed by atoms with Gasteiger partial charge in [-0.15, -0.1) is 0 Å². The summed E-state index contributed by atoms with van der Waals surface area (Å²) in [7, 11) is -0.857. The predicted octanol–water partition coefficient (Wildman–Crippen LogP) is 2.02. The summed E-state index contributed by atoms with van der Waals surface area (Å²) in [5, 5.41) is 0. The van der Waals surface area contributed by atoms with Crippen molar-refractivity contribution in [3.05, 3.63) is 24.3 Å². The topological polar surface area (TPSA) is 20.3 Å². The molecule has 1 atom stereocenters. The van der Waals surface area contributed by atoms with Crippen molar-refractivity contribution >= 4 is 16.5 Å². The van der Waals surface area contributed by atoms with E-state index in [9.17, 15) is 4.21 Å². The van der Waals surface area contributed by atoms with Gasteiger partial charge >= 0.3 is 0 Å². The first kappa shape index (κ1) is 9.71. The van der Waals surface area contributed by atoms with Crippen LogP contribution < -0.4 is 4.90 Å². The van der Waals surface area contributed by atoms with Crippen LogP contribution in [0, 0.1) is 0 Å². The van der Waals surface area contributed by atoms with Gasteiger partial charge in [0, 0.05) is 40.7 Å². The van der Waals surface area contributed by atoms with Gasteiger partial charge in [0.1, 0.15) is 0 Å². The lowest BCUT2D eigenvalue weighted by Gasteiger charge is -2.17. The zero-order valence-corrected chi connectivity index (χ0v) is 9.22. The third-order valence-electron chi connectivity index (χ3n) is 2.64. The van der Waals surface area contributed by atoms with Gasteiger partial charge < -0.3 is 4.90 Å². The van der Waals surface area contributed by atoms with Crippen LogP contribution in [0.25, 0.3) is 0 Å². The van der Waals surface area contributed by atoms with E-state index in [0.717, 1.165) is 18.0 Å². The second kappa shape index (κ2) is 4.13. The Morgan fingerprint density at radius 2 is 1.71 bits per heavy atom. The molecule has 0 bridgehead atoms. The summed E-state index contributed by atoms with van der Waals surface area (Å²) in [6.45, 7) is 2.32. The minimum absolute atomic E-state index is 0.857. The summed E-state index contributed by atoms with van der Waals surface area (Å²) in [4.78, 5) is 3.29. The maximum absolute atomic E-state index is 11.2. The third kappa shape index (κ3) is 1.98. The second-order valence-corrected chi connectivity index (χ2v) is 5.02. The van der Waals surface area contributed by atoms with Crippen molar-refractivity contribution < 1.29 is 4.21 Å². The fourth-order valence-electron chi connectivity index (χ4n) is 1.82. The Labute approximate surface area is 87.4 Å². The Hall–Kier alpha value is -0.830. The summed E-state index contributed by atoms with van der Waals surface area (Å²) in [5.74, 6) is 0. The summed E-state index contributed by atoms with van der Waals surface area (Å²) in [5.41, 5.74) is 1.26. The van der Waals surface area contributed by atoms with E-state index in [2.05, 4.69) is 17.0 Å². The summed E-state index contributed by atoms with van der Waals surface area (Å²) in [6, 6.07) is 8.07. The highest BCUT2D eigenvalue weighted by Crippen LogP contribution is 2.20. The maximum Gasteiger partial charge on any atom is 0.0498 e. The normalized spacial score (nSPS) is 18.5. The van der Waals surface area contributed by atoms with Crippen LogP contribution in [0.15, 0.2) is 29.2 Å². The molecule has 1 aliphatic rings. The Morgan fingerprint density at radius 1 is 1.14 bits per heavy atom. The molecule has 0 aliphatic carbocycles. The van der Waals surface area contributed by atoms with Gasteiger partial charge in [-0.2, -0.15) is 0 Å². The fourth-order valence-corrected chi connectivity index (χ4v) is 2.34. The first-order valence-corrected chi connectivity index (χ1v) is 6.51. The van der Waals surface area contributed by atoms with Crippen LogP contribution in [0.1, 0.15) is 12.8 Å². The van der Waals surface area contributed by atoms with E-state index < -0.39 is 10.8 Å². The molecule has 14 heavy (non-hydrogen) atoms. The summed E-state index contributed by atoms with van der Waals surface area (Å²) < 4.78 is 11.2. The molecule has 1 fully saturated rings. The predicted molar refractivity (Wildman–Crippen MR) is 60.2 cm³/mol. The van der Waals surface area contributed by atoms with Crippen molar-refractivity contribution in [2.45, 2.75) is 17.7 Å². The van der Waals surface area contributed by atoms with E-state index >= 15 is 0 Å². The van der Waals surface area contributed by atoms with Gasteiger partial charge in [0.25, 0.3) is 0 Å². The van der Waals surface area contributed by atoms with Crippen LogP contribution >= 0.6 is 0 Å². The molecule has 2 rings (SSSR count). The molecule has 3 heteroatoms. The molecule has 1 aromatic rings. The van der Waals surface area contributed by atoms with Gasteiger partial charge in [0.2, 0.25) is 0 Å². The minimum atomic E-state index is -0.857.